The normalized spacial score (nSPS) is 13.5. The van der Waals surface area contributed by atoms with E-state index in [0.29, 0.717) is 0 Å². The second-order valence-electron chi connectivity index (χ2n) is 14.3. The van der Waals surface area contributed by atoms with Gasteiger partial charge >= 0.3 is 0 Å². The summed E-state index contributed by atoms with van der Waals surface area (Å²) in [7, 11) is -1.52. The van der Waals surface area contributed by atoms with Gasteiger partial charge in [-0.25, -0.2) is 0 Å². The molecular formula is C38H51IrN2O2Si-. The zero-order valence-electron chi connectivity index (χ0n) is 30.2. The minimum absolute atomic E-state index is 0. The number of allylic oxidation sites excluding steroid dienone is 2. The van der Waals surface area contributed by atoms with E-state index in [2.05, 4.69) is 75.9 Å². The summed E-state index contributed by atoms with van der Waals surface area (Å²) in [4.78, 5) is 16.2. The molecule has 3 aromatic heterocycles. The van der Waals surface area contributed by atoms with Crippen LogP contribution in [0, 0.1) is 23.4 Å². The van der Waals surface area contributed by atoms with Crippen molar-refractivity contribution in [1.82, 2.24) is 9.38 Å². The third-order valence-electron chi connectivity index (χ3n) is 8.67. The minimum Gasteiger partial charge on any atom is -0.512 e. The van der Waals surface area contributed by atoms with Crippen molar-refractivity contribution in [2.24, 2.45) is 17.3 Å². The minimum atomic E-state index is -1.52. The van der Waals surface area contributed by atoms with E-state index >= 15 is 0 Å². The third kappa shape index (κ3) is 7.63. The van der Waals surface area contributed by atoms with Crippen molar-refractivity contribution in [2.75, 3.05) is 0 Å². The maximum absolute atomic E-state index is 11.7. The van der Waals surface area contributed by atoms with E-state index < -0.39 is 8.07 Å². The van der Waals surface area contributed by atoms with Crippen LogP contribution in [-0.4, -0.2) is 28.3 Å². The number of aliphatic hydroxyl groups excluding tert-OH is 1. The summed E-state index contributed by atoms with van der Waals surface area (Å²) in [5.41, 5.74) is 3.20. The van der Waals surface area contributed by atoms with Gasteiger partial charge in [0.05, 0.1) is 22.2 Å². The number of rotatable bonds is 9. The molecule has 0 saturated carbocycles. The summed E-state index contributed by atoms with van der Waals surface area (Å²) in [5.74, 6) is 0.547. The van der Waals surface area contributed by atoms with Crippen LogP contribution in [0.5, 0.6) is 0 Å². The molecule has 5 rings (SSSR count). The molecule has 0 aliphatic rings. The van der Waals surface area contributed by atoms with Gasteiger partial charge in [0.15, 0.2) is 5.78 Å². The summed E-state index contributed by atoms with van der Waals surface area (Å²) >= 11 is 0. The topological polar surface area (TPSA) is 54.6 Å². The Kier molecular flexibility index (Phi) is 10.7. The second kappa shape index (κ2) is 14.3. The zero-order valence-corrected chi connectivity index (χ0v) is 31.6. The van der Waals surface area contributed by atoms with Crippen LogP contribution in [0.15, 0.2) is 54.4 Å². The number of benzene rings is 2. The van der Waals surface area contributed by atoms with Crippen molar-refractivity contribution in [3.8, 4) is 0 Å². The van der Waals surface area contributed by atoms with Crippen LogP contribution < -0.4 is 5.19 Å². The fourth-order valence-electron chi connectivity index (χ4n) is 6.13. The second-order valence-corrected chi connectivity index (χ2v) is 19.4. The smallest absolute Gasteiger partial charge is 0.162 e. The van der Waals surface area contributed by atoms with E-state index in [4.69, 9.17) is 2.74 Å². The van der Waals surface area contributed by atoms with Crippen molar-refractivity contribution in [3.63, 3.8) is 0 Å². The van der Waals surface area contributed by atoms with Crippen LogP contribution in [0.1, 0.15) is 82.5 Å². The van der Waals surface area contributed by atoms with Crippen LogP contribution in [0.3, 0.4) is 0 Å². The fourth-order valence-corrected chi connectivity index (χ4v) is 7.29. The summed E-state index contributed by atoms with van der Waals surface area (Å²) in [6.45, 7) is 21.9. The van der Waals surface area contributed by atoms with Gasteiger partial charge in [-0.15, -0.1) is 17.5 Å². The number of pyridine rings is 2. The number of hydrogen-bond acceptors (Lipinski definition) is 3. The molecule has 0 fully saturated rings. The maximum atomic E-state index is 11.7. The van der Waals surface area contributed by atoms with Crippen molar-refractivity contribution >= 4 is 57.1 Å². The average molecular weight is 790 g/mol. The number of carbonyl (C=O) groups is 1. The molecule has 0 amide bonds. The molecule has 1 radical (unpaired) electrons. The van der Waals surface area contributed by atoms with Gasteiger partial charge in [0.2, 0.25) is 0 Å². The molecule has 0 bridgehead atoms. The van der Waals surface area contributed by atoms with Gasteiger partial charge in [-0.3, -0.25) is 9.78 Å². The van der Waals surface area contributed by atoms with Crippen LogP contribution in [0.2, 0.25) is 19.6 Å². The first-order valence-electron chi connectivity index (χ1n) is 17.0. The van der Waals surface area contributed by atoms with Gasteiger partial charge in [0.25, 0.3) is 0 Å². The Hall–Kier alpha value is -2.53. The number of nitrogens with zero attached hydrogens (tertiary/aromatic N) is 2. The van der Waals surface area contributed by atoms with Crippen molar-refractivity contribution in [3.05, 3.63) is 66.1 Å². The zero-order chi connectivity index (χ0) is 33.4. The standard InChI is InChI=1S/C25H27N2Si.C13H24O2.Ir/c1-25(2,3)15-16-11-17-7-9-26-24-22(17)20(12-16)21-14-19(28(4,5)6)13-18-8-10-27(24)23(18)21;1-5-10(6-2)12(14)9-13(15)11(7-3)8-4;/h7-9,11-14H,15H2,1-6H3;9-11,14H,5-8H2,1-4H3;/q-1;;/b;12-9-;/i7D,9D;;. The van der Waals surface area contributed by atoms with Gasteiger partial charge < -0.3 is 9.51 Å². The molecule has 4 nitrogen and oxygen atoms in total. The third-order valence-corrected chi connectivity index (χ3v) is 10.7. The van der Waals surface area contributed by atoms with E-state index in [0.717, 1.165) is 59.4 Å². The first-order valence-corrected chi connectivity index (χ1v) is 19.5. The molecule has 0 atom stereocenters. The summed E-state index contributed by atoms with van der Waals surface area (Å²) in [6.07, 6.45) is 9.21. The summed E-state index contributed by atoms with van der Waals surface area (Å²) in [6, 6.07) is 11.3. The Morgan fingerprint density at radius 2 is 1.64 bits per heavy atom. The van der Waals surface area contributed by atoms with Crippen molar-refractivity contribution in [1.29, 1.82) is 0 Å². The predicted molar refractivity (Wildman–Crippen MR) is 188 cm³/mol. The monoisotopic (exact) mass is 790 g/mol. The number of ketones is 1. The molecule has 2 aromatic carbocycles. The number of carbonyl (C=O) groups excluding carboxylic acids is 1. The largest absolute Gasteiger partial charge is 0.512 e. The number of aromatic nitrogens is 2. The van der Waals surface area contributed by atoms with Gasteiger partial charge in [-0.1, -0.05) is 103 Å². The Balaban J connectivity index is 0.000000309. The Morgan fingerprint density at radius 3 is 2.20 bits per heavy atom. The SMILES string of the molecule is CCC(CC)C(=O)/C=C(\O)C(CC)CC.[2H]c1nc2c3c(cc(CC(C)(C)C)cc3c3cc([Si](C)(C)C)cc4c[c-]n2c43)c1[2H].[Ir]. The molecule has 0 spiro atoms. The van der Waals surface area contributed by atoms with E-state index in [1.165, 1.54) is 27.6 Å². The first kappa shape index (κ1) is 32.8. The Labute approximate surface area is 281 Å². The molecule has 1 N–H and O–H groups in total. The maximum Gasteiger partial charge on any atom is 0.162 e. The van der Waals surface area contributed by atoms with Crippen LogP contribution in [0.25, 0.3) is 38.1 Å². The van der Waals surface area contributed by atoms with Crippen LogP contribution >= 0.6 is 0 Å². The van der Waals surface area contributed by atoms with E-state index in [-0.39, 0.29) is 61.1 Å². The molecular weight excluding hydrogens is 737 g/mol. The molecule has 6 heteroatoms. The molecule has 3 heterocycles. The molecule has 0 unspecified atom stereocenters. The van der Waals surface area contributed by atoms with E-state index in [1.807, 2.05) is 38.2 Å². The summed E-state index contributed by atoms with van der Waals surface area (Å²) in [5, 5.41) is 16.5. The predicted octanol–water partition coefficient (Wildman–Crippen LogP) is 10.0. The van der Waals surface area contributed by atoms with Crippen molar-refractivity contribution < 1.29 is 32.7 Å². The average Bonchev–Trinajstić information content (AvgIpc) is 3.38. The van der Waals surface area contributed by atoms with E-state index in [9.17, 15) is 9.90 Å². The van der Waals surface area contributed by atoms with Crippen LogP contribution in [0.4, 0.5) is 0 Å². The van der Waals surface area contributed by atoms with Crippen LogP contribution in [-0.2, 0) is 31.3 Å². The molecule has 5 aromatic rings. The molecule has 44 heavy (non-hydrogen) atoms. The Bertz CT molecular complexity index is 1860. The number of fused-ring (bicyclic) bond motifs is 2. The summed E-state index contributed by atoms with van der Waals surface area (Å²) < 4.78 is 18.9. The molecule has 0 saturated heterocycles. The first-order chi connectivity index (χ1) is 21.0. The number of aliphatic hydroxyl groups is 1. The molecule has 0 aliphatic heterocycles. The fraction of sp³-hybridized carbons (Fsp3) is 0.474. The molecule has 239 valence electrons. The van der Waals surface area contributed by atoms with Gasteiger partial charge in [-0.05, 0) is 70.7 Å². The Morgan fingerprint density at radius 1 is 1.00 bits per heavy atom. The van der Waals surface area contributed by atoms with Gasteiger partial charge in [-0.2, -0.15) is 0 Å². The van der Waals surface area contributed by atoms with Gasteiger partial charge in [0, 0.05) is 44.2 Å². The number of hydrogen-bond donors (Lipinski definition) is 1. The molecule has 0 aliphatic carbocycles. The van der Waals surface area contributed by atoms with Crippen molar-refractivity contribution in [2.45, 2.75) is 100 Å². The quantitative estimate of drug-likeness (QED) is 0.0404. The van der Waals surface area contributed by atoms with Gasteiger partial charge in [0.1, 0.15) is 0 Å². The van der Waals surface area contributed by atoms with E-state index in [1.54, 1.807) is 0 Å².